The Morgan fingerprint density at radius 3 is 2.56 bits per heavy atom. The molecule has 1 aliphatic carbocycles. The topological polar surface area (TPSA) is 72.9 Å². The van der Waals surface area contributed by atoms with Gasteiger partial charge in [-0.25, -0.2) is 4.98 Å². The Labute approximate surface area is 171 Å². The van der Waals surface area contributed by atoms with Crippen LogP contribution in [0.25, 0.3) is 16.7 Å². The van der Waals surface area contributed by atoms with E-state index in [1.54, 1.807) is 0 Å². The number of imidazole rings is 1. The molecule has 1 heterocycles. The molecular formula is C20H24Cl2N4O. The number of rotatable bonds is 4. The van der Waals surface area contributed by atoms with E-state index >= 15 is 0 Å². The van der Waals surface area contributed by atoms with E-state index < -0.39 is 0 Å². The first-order valence-corrected chi connectivity index (χ1v) is 8.79. The molecule has 5 nitrogen and oxygen atoms in total. The van der Waals surface area contributed by atoms with E-state index in [-0.39, 0.29) is 36.8 Å². The van der Waals surface area contributed by atoms with Crippen molar-refractivity contribution in [2.45, 2.75) is 31.7 Å². The molecule has 1 aromatic heterocycles. The number of carbonyl (C=O) groups excluding carboxylic acids is 1. The maximum atomic E-state index is 12.2. The van der Waals surface area contributed by atoms with Gasteiger partial charge in [0, 0.05) is 23.8 Å². The van der Waals surface area contributed by atoms with E-state index in [4.69, 9.17) is 5.73 Å². The number of amides is 1. The summed E-state index contributed by atoms with van der Waals surface area (Å²) in [5.41, 5.74) is 9.91. The fourth-order valence-corrected chi connectivity index (χ4v) is 3.64. The van der Waals surface area contributed by atoms with Crippen LogP contribution in [0, 0.1) is 5.92 Å². The SMILES string of the molecule is Cl.Cl.N[C@@H]1CCC[C@H]1CC(=O)Nc1ccc(-n2cnc3ccccc32)cc1. The first-order valence-electron chi connectivity index (χ1n) is 8.79. The molecular weight excluding hydrogens is 383 g/mol. The number of anilines is 1. The van der Waals surface area contributed by atoms with E-state index in [9.17, 15) is 4.79 Å². The fraction of sp³-hybridized carbons (Fsp3) is 0.300. The van der Waals surface area contributed by atoms with Gasteiger partial charge in [-0.3, -0.25) is 9.36 Å². The van der Waals surface area contributed by atoms with E-state index in [0.717, 1.165) is 41.7 Å². The normalized spacial score (nSPS) is 18.6. The molecule has 0 radical (unpaired) electrons. The number of halogens is 2. The summed E-state index contributed by atoms with van der Waals surface area (Å²) in [6.45, 7) is 0. The number of hydrogen-bond acceptors (Lipinski definition) is 3. The van der Waals surface area contributed by atoms with Crippen molar-refractivity contribution >= 4 is 47.4 Å². The summed E-state index contributed by atoms with van der Waals surface area (Å²) < 4.78 is 2.04. The molecule has 0 spiro atoms. The highest BCUT2D eigenvalue weighted by Crippen LogP contribution is 2.27. The highest BCUT2D eigenvalue weighted by Gasteiger charge is 2.25. The Balaban J connectivity index is 0.00000131. The lowest BCUT2D eigenvalue weighted by atomic mass is 10.00. The number of benzene rings is 2. The van der Waals surface area contributed by atoms with Crippen LogP contribution in [-0.4, -0.2) is 21.5 Å². The molecule has 0 saturated heterocycles. The zero-order valence-electron chi connectivity index (χ0n) is 14.9. The van der Waals surface area contributed by atoms with Crippen LogP contribution < -0.4 is 11.1 Å². The largest absolute Gasteiger partial charge is 0.327 e. The third-order valence-corrected chi connectivity index (χ3v) is 5.05. The predicted octanol–water partition coefficient (Wildman–Crippen LogP) is 4.33. The fourth-order valence-electron chi connectivity index (χ4n) is 3.64. The minimum atomic E-state index is 0. The number of nitrogens with two attached hydrogens (primary N) is 1. The molecule has 27 heavy (non-hydrogen) atoms. The predicted molar refractivity (Wildman–Crippen MR) is 114 cm³/mol. The Kier molecular flexibility index (Phi) is 7.25. The number of hydrogen-bond donors (Lipinski definition) is 2. The number of aromatic nitrogens is 2. The Hall–Kier alpha value is -2.08. The van der Waals surface area contributed by atoms with Gasteiger partial charge >= 0.3 is 0 Å². The van der Waals surface area contributed by atoms with E-state index in [1.807, 2.05) is 59.4 Å². The quantitative estimate of drug-likeness (QED) is 0.676. The number of carbonyl (C=O) groups is 1. The van der Waals surface area contributed by atoms with Crippen molar-refractivity contribution in [1.29, 1.82) is 0 Å². The van der Waals surface area contributed by atoms with Gasteiger partial charge < -0.3 is 11.1 Å². The zero-order valence-corrected chi connectivity index (χ0v) is 16.5. The summed E-state index contributed by atoms with van der Waals surface area (Å²) in [6.07, 6.45) is 5.55. The lowest BCUT2D eigenvalue weighted by molar-refractivity contribution is -0.117. The van der Waals surface area contributed by atoms with Gasteiger partial charge in [-0.2, -0.15) is 0 Å². The second kappa shape index (κ2) is 9.22. The van der Waals surface area contributed by atoms with Gasteiger partial charge in [0.15, 0.2) is 0 Å². The maximum Gasteiger partial charge on any atom is 0.224 e. The van der Waals surface area contributed by atoms with Gasteiger partial charge in [0.1, 0.15) is 6.33 Å². The first kappa shape index (κ1) is 21.2. The lowest BCUT2D eigenvalue weighted by Crippen LogP contribution is -2.28. The molecule has 2 atom stereocenters. The van der Waals surface area contributed by atoms with E-state index in [0.29, 0.717) is 12.3 Å². The summed E-state index contributed by atoms with van der Waals surface area (Å²) in [4.78, 5) is 16.6. The van der Waals surface area contributed by atoms with Crippen LogP contribution >= 0.6 is 24.8 Å². The second-order valence-corrected chi connectivity index (χ2v) is 6.76. The zero-order chi connectivity index (χ0) is 17.2. The monoisotopic (exact) mass is 406 g/mol. The second-order valence-electron chi connectivity index (χ2n) is 6.76. The highest BCUT2D eigenvalue weighted by atomic mass is 35.5. The van der Waals surface area contributed by atoms with Crippen LogP contribution in [-0.2, 0) is 4.79 Å². The summed E-state index contributed by atoms with van der Waals surface area (Å²) in [5.74, 6) is 0.361. The number of nitrogens with one attached hydrogen (secondary N) is 1. The minimum absolute atomic E-state index is 0. The maximum absolute atomic E-state index is 12.2. The van der Waals surface area contributed by atoms with Crippen molar-refractivity contribution in [2.24, 2.45) is 11.7 Å². The van der Waals surface area contributed by atoms with Crippen molar-refractivity contribution in [2.75, 3.05) is 5.32 Å². The molecule has 3 N–H and O–H groups in total. The van der Waals surface area contributed by atoms with Gasteiger partial charge in [-0.1, -0.05) is 18.6 Å². The third kappa shape index (κ3) is 4.61. The van der Waals surface area contributed by atoms with Gasteiger partial charge in [0.25, 0.3) is 0 Å². The molecule has 1 saturated carbocycles. The van der Waals surface area contributed by atoms with Crippen molar-refractivity contribution in [1.82, 2.24) is 9.55 Å². The molecule has 3 aromatic rings. The molecule has 2 aromatic carbocycles. The third-order valence-electron chi connectivity index (χ3n) is 5.05. The number of fused-ring (bicyclic) bond motifs is 1. The molecule has 0 aliphatic heterocycles. The van der Waals surface area contributed by atoms with E-state index in [2.05, 4.69) is 10.3 Å². The standard InChI is InChI=1S/C20H22N4O.2ClH/c21-17-5-3-4-14(17)12-20(25)23-15-8-10-16(11-9-15)24-13-22-18-6-1-2-7-19(18)24;;/h1-2,6-11,13-14,17H,3-5,12,21H2,(H,23,25);2*1H/t14-,17+;;/m0../s1. The van der Waals surface area contributed by atoms with Gasteiger partial charge in [-0.15, -0.1) is 24.8 Å². The average molecular weight is 407 g/mol. The lowest BCUT2D eigenvalue weighted by Gasteiger charge is -2.15. The highest BCUT2D eigenvalue weighted by molar-refractivity contribution is 5.91. The molecule has 1 fully saturated rings. The summed E-state index contributed by atoms with van der Waals surface area (Å²) >= 11 is 0. The van der Waals surface area contributed by atoms with Crippen LogP contribution in [0.3, 0.4) is 0 Å². The number of para-hydroxylation sites is 2. The smallest absolute Gasteiger partial charge is 0.224 e. The van der Waals surface area contributed by atoms with Crippen LogP contribution in [0.15, 0.2) is 54.9 Å². The van der Waals surface area contributed by atoms with Crippen molar-refractivity contribution in [3.63, 3.8) is 0 Å². The molecule has 1 amide bonds. The Morgan fingerprint density at radius 2 is 1.85 bits per heavy atom. The van der Waals surface area contributed by atoms with Gasteiger partial charge in [0.05, 0.1) is 11.0 Å². The molecule has 144 valence electrons. The summed E-state index contributed by atoms with van der Waals surface area (Å²) in [7, 11) is 0. The summed E-state index contributed by atoms with van der Waals surface area (Å²) in [6, 6.07) is 16.0. The number of nitrogens with zero attached hydrogens (tertiary/aromatic N) is 2. The van der Waals surface area contributed by atoms with Crippen molar-refractivity contribution in [3.8, 4) is 5.69 Å². The molecule has 4 rings (SSSR count). The molecule has 1 aliphatic rings. The Bertz CT molecular complexity index is 894. The van der Waals surface area contributed by atoms with Crippen LogP contribution in [0.5, 0.6) is 0 Å². The summed E-state index contributed by atoms with van der Waals surface area (Å²) in [5, 5.41) is 2.98. The van der Waals surface area contributed by atoms with Gasteiger partial charge in [-0.05, 0) is 55.2 Å². The van der Waals surface area contributed by atoms with E-state index in [1.165, 1.54) is 0 Å². The van der Waals surface area contributed by atoms with Crippen molar-refractivity contribution < 1.29 is 4.79 Å². The molecule has 0 bridgehead atoms. The van der Waals surface area contributed by atoms with Crippen molar-refractivity contribution in [3.05, 3.63) is 54.9 Å². The van der Waals surface area contributed by atoms with Crippen LogP contribution in [0.1, 0.15) is 25.7 Å². The van der Waals surface area contributed by atoms with Crippen LogP contribution in [0.4, 0.5) is 5.69 Å². The molecule has 7 heteroatoms. The Morgan fingerprint density at radius 1 is 1.11 bits per heavy atom. The average Bonchev–Trinajstić information content (AvgIpc) is 3.22. The first-order chi connectivity index (χ1) is 12.2. The molecule has 0 unspecified atom stereocenters. The van der Waals surface area contributed by atoms with Crippen LogP contribution in [0.2, 0.25) is 0 Å². The van der Waals surface area contributed by atoms with Gasteiger partial charge in [0.2, 0.25) is 5.91 Å². The minimum Gasteiger partial charge on any atom is -0.327 e.